The second-order valence-electron chi connectivity index (χ2n) is 10.8. The number of carbonyl (C=O) groups is 3. The van der Waals surface area contributed by atoms with E-state index in [1.807, 2.05) is 77.7 Å². The Bertz CT molecular complexity index is 1950. The van der Waals surface area contributed by atoms with Crippen LogP contribution in [-0.2, 0) is 16.0 Å². The minimum atomic E-state index is -0.745. The third-order valence-electron chi connectivity index (χ3n) is 7.64. The predicted octanol–water partition coefficient (Wildman–Crippen LogP) is 8.42. The summed E-state index contributed by atoms with van der Waals surface area (Å²) in [5, 5.41) is 4.92. The van der Waals surface area contributed by atoms with E-state index in [1.165, 1.54) is 36.0 Å². The second kappa shape index (κ2) is 14.6. The van der Waals surface area contributed by atoms with Gasteiger partial charge in [-0.15, -0.1) is 11.8 Å². The van der Waals surface area contributed by atoms with Crippen molar-refractivity contribution in [3.63, 3.8) is 0 Å². The number of halogens is 2. The van der Waals surface area contributed by atoms with Crippen molar-refractivity contribution in [3.05, 3.63) is 166 Å². The van der Waals surface area contributed by atoms with Crippen molar-refractivity contribution in [3.8, 4) is 0 Å². The quantitative estimate of drug-likeness (QED) is 0.119. The molecule has 0 fully saturated rings. The van der Waals surface area contributed by atoms with Gasteiger partial charge in [0.2, 0.25) is 5.91 Å². The molecule has 6 nitrogen and oxygen atoms in total. The molecule has 0 aromatic heterocycles. The monoisotopic (exact) mass is 705 g/mol. The lowest BCUT2D eigenvalue weighted by Crippen LogP contribution is -2.32. The van der Waals surface area contributed by atoms with E-state index >= 15 is 0 Å². The highest BCUT2D eigenvalue weighted by molar-refractivity contribution is 9.10. The summed E-state index contributed by atoms with van der Waals surface area (Å²) < 4.78 is 15.2. The zero-order chi connectivity index (χ0) is 32.8. The predicted molar refractivity (Wildman–Crippen MR) is 189 cm³/mol. The summed E-state index contributed by atoms with van der Waals surface area (Å²) in [5.74, 6) is -2.01. The minimum absolute atomic E-state index is 0.0110. The van der Waals surface area contributed by atoms with Crippen molar-refractivity contribution in [2.45, 2.75) is 16.6 Å². The molecule has 3 amide bonds. The maximum Gasteiger partial charge on any atom is 0.272 e. The maximum absolute atomic E-state index is 14.3. The first kappa shape index (κ1) is 32.0. The van der Waals surface area contributed by atoms with Gasteiger partial charge in [0.15, 0.2) is 0 Å². The van der Waals surface area contributed by atoms with Gasteiger partial charge in [-0.2, -0.15) is 0 Å². The molecular formula is C38H29BrFN3O3S. The van der Waals surface area contributed by atoms with Gasteiger partial charge in [-0.1, -0.05) is 88.7 Å². The van der Waals surface area contributed by atoms with Crippen LogP contribution in [0.3, 0.4) is 0 Å². The first-order chi connectivity index (χ1) is 22.9. The van der Waals surface area contributed by atoms with Crippen LogP contribution in [0, 0.1) is 5.82 Å². The van der Waals surface area contributed by atoms with E-state index in [0.29, 0.717) is 17.8 Å². The Labute approximate surface area is 284 Å². The molecule has 234 valence electrons. The molecule has 5 aromatic carbocycles. The summed E-state index contributed by atoms with van der Waals surface area (Å²) in [7, 11) is 0. The summed E-state index contributed by atoms with van der Waals surface area (Å²) >= 11 is 4.84. The number of thioether (sulfide) groups is 1. The maximum atomic E-state index is 14.3. The lowest BCUT2D eigenvalue weighted by atomic mass is 10.1. The molecule has 1 heterocycles. The molecule has 1 aliphatic heterocycles. The summed E-state index contributed by atoms with van der Waals surface area (Å²) in [5.41, 5.74) is 3.93. The number of nitrogens with zero attached hydrogens (tertiary/aromatic N) is 1. The molecule has 0 saturated carbocycles. The van der Waals surface area contributed by atoms with Gasteiger partial charge in [0.05, 0.1) is 5.56 Å². The van der Waals surface area contributed by atoms with Crippen molar-refractivity contribution in [1.82, 2.24) is 5.32 Å². The third kappa shape index (κ3) is 7.70. The summed E-state index contributed by atoms with van der Waals surface area (Å²) in [6.45, 7) is 0.636. The number of amides is 3. The van der Waals surface area contributed by atoms with Gasteiger partial charge in [-0.05, 0) is 83.8 Å². The molecule has 2 N–H and O–H groups in total. The van der Waals surface area contributed by atoms with E-state index in [9.17, 15) is 18.8 Å². The van der Waals surface area contributed by atoms with E-state index in [2.05, 4.69) is 32.6 Å². The molecule has 0 saturated heterocycles. The van der Waals surface area contributed by atoms with Crippen molar-refractivity contribution in [1.29, 1.82) is 0 Å². The van der Waals surface area contributed by atoms with Crippen LogP contribution >= 0.6 is 27.7 Å². The Morgan fingerprint density at radius 3 is 2.23 bits per heavy atom. The normalized spacial score (nSPS) is 13.1. The molecule has 47 heavy (non-hydrogen) atoms. The lowest BCUT2D eigenvalue weighted by Gasteiger charge is -2.24. The highest BCUT2D eigenvalue weighted by Gasteiger charge is 2.31. The minimum Gasteiger partial charge on any atom is -0.321 e. The number of benzene rings is 5. The van der Waals surface area contributed by atoms with Crippen LogP contribution in [0.15, 0.2) is 142 Å². The fourth-order valence-electron chi connectivity index (χ4n) is 5.27. The average molecular weight is 707 g/mol. The summed E-state index contributed by atoms with van der Waals surface area (Å²) in [6.07, 6.45) is 2.35. The first-order valence-corrected chi connectivity index (χ1v) is 16.6. The van der Waals surface area contributed by atoms with Crippen molar-refractivity contribution in [2.75, 3.05) is 16.8 Å². The van der Waals surface area contributed by atoms with Gasteiger partial charge in [-0.3, -0.25) is 14.4 Å². The van der Waals surface area contributed by atoms with E-state index in [4.69, 9.17) is 0 Å². The summed E-state index contributed by atoms with van der Waals surface area (Å²) in [4.78, 5) is 43.1. The van der Waals surface area contributed by atoms with Gasteiger partial charge in [-0.25, -0.2) is 4.39 Å². The Morgan fingerprint density at radius 1 is 0.809 bits per heavy atom. The average Bonchev–Trinajstić information content (AvgIpc) is 3.53. The number of nitrogens with one attached hydrogen (secondary N) is 2. The fraction of sp³-hybridized carbons (Fsp3) is 0.0789. The Balaban J connectivity index is 1.20. The van der Waals surface area contributed by atoms with Crippen LogP contribution in [0.25, 0.3) is 6.08 Å². The van der Waals surface area contributed by atoms with E-state index < -0.39 is 22.9 Å². The van der Waals surface area contributed by atoms with Crippen LogP contribution in [-0.4, -0.2) is 24.3 Å². The zero-order valence-electron chi connectivity index (χ0n) is 25.0. The molecule has 1 aliphatic rings. The fourth-order valence-corrected chi connectivity index (χ4v) is 6.62. The standard InChI is InChI=1S/C38H29BrFN3O3S/c39-28-16-14-25(15-17-28)24-33(42-36(44)31-11-5-6-12-32(31)40)37(45)41-29-18-20-30(21-19-29)47-35(27-9-2-1-3-10-27)38(46)43-23-22-26-8-4-7-13-34(26)43/h1-21,24,35H,22-23H2,(H,41,45)(H,42,44)/b33-24+. The molecule has 0 aliphatic carbocycles. The second-order valence-corrected chi connectivity index (χ2v) is 12.9. The molecule has 1 atom stereocenters. The number of hydrogen-bond acceptors (Lipinski definition) is 4. The molecule has 5 aromatic rings. The molecule has 9 heteroatoms. The Morgan fingerprint density at radius 2 is 1.49 bits per heavy atom. The molecule has 0 spiro atoms. The van der Waals surface area contributed by atoms with Crippen LogP contribution in [0.1, 0.15) is 32.3 Å². The highest BCUT2D eigenvalue weighted by atomic mass is 79.9. The van der Waals surface area contributed by atoms with Crippen LogP contribution in [0.5, 0.6) is 0 Å². The van der Waals surface area contributed by atoms with E-state index in [0.717, 1.165) is 32.6 Å². The SMILES string of the molecule is O=C(Nc1ccc(SC(C(=O)N2CCc3ccccc32)c2ccccc2)cc1)/C(=C\c1ccc(Br)cc1)NC(=O)c1ccccc1F. The van der Waals surface area contributed by atoms with Crippen LogP contribution < -0.4 is 15.5 Å². The molecule has 0 bridgehead atoms. The Hall–Kier alpha value is -4.99. The van der Waals surface area contributed by atoms with Gasteiger partial charge in [0, 0.05) is 27.3 Å². The largest absolute Gasteiger partial charge is 0.321 e. The van der Waals surface area contributed by atoms with Crippen LogP contribution in [0.4, 0.5) is 15.8 Å². The van der Waals surface area contributed by atoms with Gasteiger partial charge >= 0.3 is 0 Å². The van der Waals surface area contributed by atoms with Gasteiger partial charge in [0.25, 0.3) is 11.8 Å². The van der Waals surface area contributed by atoms with Gasteiger partial charge < -0.3 is 15.5 Å². The number of hydrogen-bond donors (Lipinski definition) is 2. The smallest absolute Gasteiger partial charge is 0.272 e. The molecule has 0 radical (unpaired) electrons. The Kier molecular flexibility index (Phi) is 9.94. The van der Waals surface area contributed by atoms with Crippen molar-refractivity contribution >= 4 is 62.9 Å². The van der Waals surface area contributed by atoms with Crippen molar-refractivity contribution in [2.24, 2.45) is 0 Å². The van der Waals surface area contributed by atoms with Gasteiger partial charge in [0.1, 0.15) is 16.8 Å². The van der Waals surface area contributed by atoms with Crippen LogP contribution in [0.2, 0.25) is 0 Å². The topological polar surface area (TPSA) is 78.5 Å². The molecular weight excluding hydrogens is 677 g/mol. The zero-order valence-corrected chi connectivity index (χ0v) is 27.4. The van der Waals surface area contributed by atoms with E-state index in [1.54, 1.807) is 30.3 Å². The lowest BCUT2D eigenvalue weighted by molar-refractivity contribution is -0.118. The number of carbonyl (C=O) groups excluding carboxylic acids is 3. The summed E-state index contributed by atoms with van der Waals surface area (Å²) in [6, 6.07) is 37.6. The van der Waals surface area contributed by atoms with E-state index in [-0.39, 0.29) is 17.2 Å². The van der Waals surface area contributed by atoms with Crippen molar-refractivity contribution < 1.29 is 18.8 Å². The number of anilines is 2. The highest BCUT2D eigenvalue weighted by Crippen LogP contribution is 2.40. The number of rotatable bonds is 9. The third-order valence-corrected chi connectivity index (χ3v) is 9.42. The molecule has 6 rings (SSSR count). The first-order valence-electron chi connectivity index (χ1n) is 14.9. The molecule has 1 unspecified atom stereocenters. The number of fused-ring (bicyclic) bond motifs is 1. The number of para-hydroxylation sites is 1.